The SMILES string of the molecule is CCCNC(C)c1ccc(NS(=O)(=O)NCCC)cc1. The largest absolute Gasteiger partial charge is 0.310 e. The number of rotatable bonds is 9. The minimum Gasteiger partial charge on any atom is -0.310 e. The van der Waals surface area contributed by atoms with Crippen LogP contribution >= 0.6 is 0 Å². The van der Waals surface area contributed by atoms with Crippen molar-refractivity contribution in [1.29, 1.82) is 0 Å². The Morgan fingerprint density at radius 2 is 1.65 bits per heavy atom. The van der Waals surface area contributed by atoms with Gasteiger partial charge >= 0.3 is 0 Å². The summed E-state index contributed by atoms with van der Waals surface area (Å²) in [6.45, 7) is 7.54. The maximum absolute atomic E-state index is 11.7. The Morgan fingerprint density at radius 3 is 2.20 bits per heavy atom. The zero-order chi connectivity index (χ0) is 15.0. The fraction of sp³-hybridized carbons (Fsp3) is 0.571. The third-order valence-corrected chi connectivity index (χ3v) is 3.99. The van der Waals surface area contributed by atoms with Gasteiger partial charge in [-0.1, -0.05) is 26.0 Å². The highest BCUT2D eigenvalue weighted by Crippen LogP contribution is 2.16. The highest BCUT2D eigenvalue weighted by atomic mass is 32.2. The molecule has 0 fully saturated rings. The van der Waals surface area contributed by atoms with Crippen LogP contribution in [-0.2, 0) is 10.2 Å². The third kappa shape index (κ3) is 5.90. The summed E-state index contributed by atoms with van der Waals surface area (Å²) >= 11 is 0. The molecule has 0 spiro atoms. The Balaban J connectivity index is 2.62. The van der Waals surface area contributed by atoms with E-state index in [1.54, 1.807) is 12.1 Å². The van der Waals surface area contributed by atoms with Gasteiger partial charge in [0.2, 0.25) is 0 Å². The molecule has 114 valence electrons. The highest BCUT2D eigenvalue weighted by molar-refractivity contribution is 7.90. The smallest absolute Gasteiger partial charge is 0.299 e. The lowest BCUT2D eigenvalue weighted by molar-refractivity contribution is 0.571. The number of benzene rings is 1. The molecule has 0 radical (unpaired) electrons. The van der Waals surface area contributed by atoms with Crippen molar-refractivity contribution in [3.63, 3.8) is 0 Å². The molecule has 0 saturated heterocycles. The van der Waals surface area contributed by atoms with Crippen LogP contribution < -0.4 is 14.8 Å². The first-order chi connectivity index (χ1) is 9.48. The molecule has 1 atom stereocenters. The van der Waals surface area contributed by atoms with E-state index in [0.717, 1.165) is 24.9 Å². The quantitative estimate of drug-likeness (QED) is 0.656. The first kappa shape index (κ1) is 16.9. The molecule has 3 N–H and O–H groups in total. The van der Waals surface area contributed by atoms with Gasteiger partial charge in [-0.05, 0) is 44.0 Å². The van der Waals surface area contributed by atoms with Gasteiger partial charge in [-0.3, -0.25) is 4.72 Å². The molecule has 6 heteroatoms. The van der Waals surface area contributed by atoms with Gasteiger partial charge < -0.3 is 5.32 Å². The van der Waals surface area contributed by atoms with Crippen molar-refractivity contribution in [2.24, 2.45) is 0 Å². The minimum absolute atomic E-state index is 0.263. The van der Waals surface area contributed by atoms with E-state index in [0.29, 0.717) is 12.2 Å². The molecular formula is C14H25N3O2S. The summed E-state index contributed by atoms with van der Waals surface area (Å²) < 4.78 is 28.3. The lowest BCUT2D eigenvalue weighted by Gasteiger charge is -2.14. The predicted molar refractivity (Wildman–Crippen MR) is 84.0 cm³/mol. The summed E-state index contributed by atoms with van der Waals surface area (Å²) in [5.74, 6) is 0. The monoisotopic (exact) mass is 299 g/mol. The minimum atomic E-state index is -3.46. The number of hydrogen-bond acceptors (Lipinski definition) is 3. The van der Waals surface area contributed by atoms with Crippen LogP contribution in [0.1, 0.15) is 45.2 Å². The molecule has 0 saturated carbocycles. The van der Waals surface area contributed by atoms with E-state index in [-0.39, 0.29) is 6.04 Å². The molecule has 0 amide bonds. The van der Waals surface area contributed by atoms with Crippen LogP contribution in [0, 0.1) is 0 Å². The molecule has 0 bridgehead atoms. The van der Waals surface area contributed by atoms with Crippen LogP contribution in [0.15, 0.2) is 24.3 Å². The predicted octanol–water partition coefficient (Wildman–Crippen LogP) is 2.40. The summed E-state index contributed by atoms with van der Waals surface area (Å²) in [6.07, 6.45) is 1.85. The third-order valence-electron chi connectivity index (χ3n) is 2.91. The molecule has 0 aliphatic carbocycles. The van der Waals surface area contributed by atoms with Crippen LogP contribution in [0.4, 0.5) is 5.69 Å². The molecular weight excluding hydrogens is 274 g/mol. The average Bonchev–Trinajstić information content (AvgIpc) is 2.43. The summed E-state index contributed by atoms with van der Waals surface area (Å²) in [7, 11) is -3.46. The maximum atomic E-state index is 11.7. The Morgan fingerprint density at radius 1 is 1.05 bits per heavy atom. The van der Waals surface area contributed by atoms with Crippen LogP contribution in [0.25, 0.3) is 0 Å². The Kier molecular flexibility index (Phi) is 6.98. The Hall–Kier alpha value is -1.11. The van der Waals surface area contributed by atoms with E-state index in [9.17, 15) is 8.42 Å². The van der Waals surface area contributed by atoms with Crippen LogP contribution in [0.3, 0.4) is 0 Å². The molecule has 5 nitrogen and oxygen atoms in total. The summed E-state index contributed by atoms with van der Waals surface area (Å²) in [5.41, 5.74) is 1.71. The van der Waals surface area contributed by atoms with Crippen molar-refractivity contribution >= 4 is 15.9 Å². The second-order valence-electron chi connectivity index (χ2n) is 4.80. The molecule has 0 heterocycles. The summed E-state index contributed by atoms with van der Waals surface area (Å²) in [6, 6.07) is 7.70. The van der Waals surface area contributed by atoms with Gasteiger partial charge in [-0.2, -0.15) is 13.1 Å². The van der Waals surface area contributed by atoms with Gasteiger partial charge in [0.05, 0.1) is 0 Å². The lowest BCUT2D eigenvalue weighted by Crippen LogP contribution is -2.30. The van der Waals surface area contributed by atoms with E-state index in [4.69, 9.17) is 0 Å². The molecule has 1 aromatic rings. The van der Waals surface area contributed by atoms with E-state index in [1.165, 1.54) is 0 Å². The fourth-order valence-electron chi connectivity index (χ4n) is 1.75. The van der Waals surface area contributed by atoms with Gasteiger partial charge in [0.1, 0.15) is 0 Å². The zero-order valence-corrected chi connectivity index (χ0v) is 13.3. The number of anilines is 1. The van der Waals surface area contributed by atoms with Gasteiger partial charge in [0.15, 0.2) is 0 Å². The van der Waals surface area contributed by atoms with Crippen molar-refractivity contribution in [2.75, 3.05) is 17.8 Å². The molecule has 1 rings (SSSR count). The first-order valence-electron chi connectivity index (χ1n) is 7.09. The van der Waals surface area contributed by atoms with E-state index < -0.39 is 10.2 Å². The van der Waals surface area contributed by atoms with Crippen molar-refractivity contribution in [1.82, 2.24) is 10.0 Å². The van der Waals surface area contributed by atoms with Crippen molar-refractivity contribution < 1.29 is 8.42 Å². The Bertz CT molecular complexity index is 486. The molecule has 1 unspecified atom stereocenters. The topological polar surface area (TPSA) is 70.2 Å². The van der Waals surface area contributed by atoms with E-state index in [2.05, 4.69) is 28.6 Å². The highest BCUT2D eigenvalue weighted by Gasteiger charge is 2.09. The van der Waals surface area contributed by atoms with E-state index >= 15 is 0 Å². The fourth-order valence-corrected chi connectivity index (χ4v) is 2.74. The van der Waals surface area contributed by atoms with Gasteiger partial charge in [-0.25, -0.2) is 0 Å². The number of hydrogen-bond donors (Lipinski definition) is 3. The second kappa shape index (κ2) is 8.24. The molecule has 20 heavy (non-hydrogen) atoms. The standard InChI is InChI=1S/C14H25N3O2S/c1-4-10-15-12(3)13-6-8-14(9-7-13)17-20(18,19)16-11-5-2/h6-9,12,15-17H,4-5,10-11H2,1-3H3. The van der Waals surface area contributed by atoms with Crippen LogP contribution in [0.2, 0.25) is 0 Å². The molecule has 0 aliphatic heterocycles. The molecule has 0 aliphatic rings. The van der Waals surface area contributed by atoms with Gasteiger partial charge in [0.25, 0.3) is 10.2 Å². The van der Waals surface area contributed by atoms with Gasteiger partial charge in [0, 0.05) is 18.3 Å². The number of nitrogens with one attached hydrogen (secondary N) is 3. The van der Waals surface area contributed by atoms with Crippen molar-refractivity contribution in [3.05, 3.63) is 29.8 Å². The normalized spacial score (nSPS) is 13.2. The Labute approximate surface area is 122 Å². The van der Waals surface area contributed by atoms with Crippen LogP contribution in [0.5, 0.6) is 0 Å². The first-order valence-corrected chi connectivity index (χ1v) is 8.57. The maximum Gasteiger partial charge on any atom is 0.299 e. The lowest BCUT2D eigenvalue weighted by atomic mass is 10.1. The summed E-state index contributed by atoms with van der Waals surface area (Å²) in [4.78, 5) is 0. The zero-order valence-electron chi connectivity index (χ0n) is 12.4. The average molecular weight is 299 g/mol. The second-order valence-corrected chi connectivity index (χ2v) is 6.30. The van der Waals surface area contributed by atoms with Gasteiger partial charge in [-0.15, -0.1) is 0 Å². The van der Waals surface area contributed by atoms with Crippen molar-refractivity contribution in [3.8, 4) is 0 Å². The summed E-state index contributed by atoms with van der Waals surface area (Å²) in [5, 5.41) is 3.39. The molecule has 1 aromatic carbocycles. The van der Waals surface area contributed by atoms with E-state index in [1.807, 2.05) is 19.1 Å². The van der Waals surface area contributed by atoms with Crippen molar-refractivity contribution in [2.45, 2.75) is 39.7 Å². The molecule has 0 aromatic heterocycles. The van der Waals surface area contributed by atoms with Crippen LogP contribution in [-0.4, -0.2) is 21.5 Å².